The lowest BCUT2D eigenvalue weighted by molar-refractivity contribution is 0.768. The van der Waals surface area contributed by atoms with Crippen molar-refractivity contribution < 1.29 is 0 Å². The van der Waals surface area contributed by atoms with Gasteiger partial charge in [0.25, 0.3) is 0 Å². The van der Waals surface area contributed by atoms with Crippen LogP contribution in [0.3, 0.4) is 0 Å². The maximum Gasteiger partial charge on any atom is 0.0715 e. The van der Waals surface area contributed by atoms with Gasteiger partial charge in [-0.3, -0.25) is 0 Å². The number of anilines is 6. The van der Waals surface area contributed by atoms with Gasteiger partial charge in [-0.2, -0.15) is 0 Å². The molecule has 0 radical (unpaired) electrons. The number of fused-ring (bicyclic) bond motifs is 3. The Hall–Kier alpha value is -6.64. The van der Waals surface area contributed by atoms with Gasteiger partial charge in [0.05, 0.1) is 5.41 Å². The van der Waals surface area contributed by atoms with Gasteiger partial charge >= 0.3 is 0 Å². The van der Waals surface area contributed by atoms with Crippen molar-refractivity contribution in [3.8, 4) is 11.1 Å². The first-order chi connectivity index (χ1) is 27.2. The third-order valence-electron chi connectivity index (χ3n) is 11.3. The van der Waals surface area contributed by atoms with Crippen LogP contribution >= 0.6 is 0 Å². The van der Waals surface area contributed by atoms with Gasteiger partial charge in [-0.25, -0.2) is 0 Å². The average molecular weight is 709 g/mol. The van der Waals surface area contributed by atoms with Crippen molar-refractivity contribution in [1.82, 2.24) is 0 Å². The summed E-state index contributed by atoms with van der Waals surface area (Å²) in [7, 11) is 0. The molecule has 8 aromatic rings. The molecule has 0 amide bonds. The molecule has 0 aliphatic heterocycles. The molecule has 0 fully saturated rings. The van der Waals surface area contributed by atoms with Gasteiger partial charge in [-0.1, -0.05) is 147 Å². The maximum atomic E-state index is 2.45. The average Bonchev–Trinajstić information content (AvgIpc) is 3.55. The number of benzene rings is 8. The van der Waals surface area contributed by atoms with Crippen molar-refractivity contribution in [3.63, 3.8) is 0 Å². The number of aryl methyl sites for hydroxylation is 2. The second-order valence-corrected chi connectivity index (χ2v) is 14.3. The van der Waals surface area contributed by atoms with E-state index in [-0.39, 0.29) is 0 Å². The SMILES string of the molecule is CCc1ccc(N(c2ccccc2)c2ccc3c(c2)C(c2ccccc2)(c2ccccc2)c2cc(N(c4ccccc4)c4ccc(CC)cc4)ccc2-3)cc1. The van der Waals surface area contributed by atoms with Crippen molar-refractivity contribution in [2.45, 2.75) is 32.1 Å². The van der Waals surface area contributed by atoms with E-state index in [1.165, 1.54) is 44.5 Å². The van der Waals surface area contributed by atoms with Crippen molar-refractivity contribution in [3.05, 3.63) is 240 Å². The molecular formula is C53H44N2. The molecule has 0 saturated carbocycles. The molecule has 0 aromatic heterocycles. The highest BCUT2D eigenvalue weighted by atomic mass is 15.1. The van der Waals surface area contributed by atoms with Crippen LogP contribution in [0.5, 0.6) is 0 Å². The van der Waals surface area contributed by atoms with E-state index in [0.717, 1.165) is 47.0 Å². The fourth-order valence-electron chi connectivity index (χ4n) is 8.55. The topological polar surface area (TPSA) is 6.48 Å². The first kappa shape index (κ1) is 34.1. The maximum absolute atomic E-state index is 2.45. The normalized spacial score (nSPS) is 12.5. The Kier molecular flexibility index (Phi) is 9.09. The lowest BCUT2D eigenvalue weighted by Gasteiger charge is -2.35. The number of nitrogens with zero attached hydrogens (tertiary/aromatic N) is 2. The van der Waals surface area contributed by atoms with E-state index in [9.17, 15) is 0 Å². The third kappa shape index (κ3) is 6.01. The quantitative estimate of drug-likeness (QED) is 0.140. The minimum atomic E-state index is -0.581. The summed E-state index contributed by atoms with van der Waals surface area (Å²) >= 11 is 0. The van der Waals surface area contributed by atoms with Crippen LogP contribution in [0.2, 0.25) is 0 Å². The predicted molar refractivity (Wildman–Crippen MR) is 232 cm³/mol. The van der Waals surface area contributed by atoms with E-state index in [0.29, 0.717) is 0 Å². The number of rotatable bonds is 10. The summed E-state index contributed by atoms with van der Waals surface area (Å²) in [6.07, 6.45) is 2.01. The third-order valence-corrected chi connectivity index (χ3v) is 11.3. The second kappa shape index (κ2) is 14.6. The zero-order valence-electron chi connectivity index (χ0n) is 31.4. The van der Waals surface area contributed by atoms with Crippen LogP contribution in [0.1, 0.15) is 47.2 Å². The molecule has 0 heterocycles. The Morgan fingerprint density at radius 3 is 0.982 bits per heavy atom. The van der Waals surface area contributed by atoms with Crippen molar-refractivity contribution in [2.24, 2.45) is 0 Å². The zero-order valence-corrected chi connectivity index (χ0v) is 31.4. The van der Waals surface area contributed by atoms with E-state index in [1.54, 1.807) is 0 Å². The largest absolute Gasteiger partial charge is 0.310 e. The number of hydrogen-bond donors (Lipinski definition) is 0. The van der Waals surface area contributed by atoms with E-state index in [4.69, 9.17) is 0 Å². The summed E-state index contributed by atoms with van der Waals surface area (Å²) in [6.45, 7) is 4.42. The zero-order chi connectivity index (χ0) is 37.2. The Morgan fingerprint density at radius 1 is 0.327 bits per heavy atom. The molecule has 0 unspecified atom stereocenters. The molecule has 55 heavy (non-hydrogen) atoms. The lowest BCUT2D eigenvalue weighted by Crippen LogP contribution is -2.29. The van der Waals surface area contributed by atoms with Gasteiger partial charge in [0.2, 0.25) is 0 Å². The van der Waals surface area contributed by atoms with Gasteiger partial charge in [-0.15, -0.1) is 0 Å². The molecule has 0 bridgehead atoms. The smallest absolute Gasteiger partial charge is 0.0715 e. The van der Waals surface area contributed by atoms with Crippen LogP contribution in [0.4, 0.5) is 34.1 Å². The summed E-state index contributed by atoms with van der Waals surface area (Å²) in [4.78, 5) is 4.79. The Balaban J connectivity index is 1.31. The molecule has 0 N–H and O–H groups in total. The van der Waals surface area contributed by atoms with Crippen LogP contribution in [-0.2, 0) is 18.3 Å². The van der Waals surface area contributed by atoms with Crippen LogP contribution in [0.15, 0.2) is 206 Å². The van der Waals surface area contributed by atoms with Crippen LogP contribution in [0, 0.1) is 0 Å². The Morgan fingerprint density at radius 2 is 0.636 bits per heavy atom. The summed E-state index contributed by atoms with van der Waals surface area (Å²) in [5.74, 6) is 0. The van der Waals surface area contributed by atoms with Gasteiger partial charge < -0.3 is 9.80 Å². The van der Waals surface area contributed by atoms with Crippen LogP contribution < -0.4 is 9.80 Å². The standard InChI is InChI=1S/C53H44N2/c1-3-39-25-29-45(30-26-39)54(43-21-13-7-14-22-43)47-33-35-49-50-36-34-48(55(44-23-15-8-16-24-44)46-31-27-40(4-2)28-32-46)38-52(50)53(51(49)37-47,41-17-9-5-10-18-41)42-19-11-6-12-20-42/h5-38H,3-4H2,1-2H3. The highest BCUT2D eigenvalue weighted by Gasteiger charge is 2.47. The lowest BCUT2D eigenvalue weighted by atomic mass is 9.67. The summed E-state index contributed by atoms with van der Waals surface area (Å²) in [6, 6.07) is 76.0. The van der Waals surface area contributed by atoms with E-state index in [2.05, 4.69) is 230 Å². The molecule has 1 aliphatic rings. The Labute approximate surface area is 325 Å². The molecule has 2 heteroatoms. The van der Waals surface area contributed by atoms with Crippen molar-refractivity contribution >= 4 is 34.1 Å². The first-order valence-electron chi connectivity index (χ1n) is 19.5. The minimum absolute atomic E-state index is 0.581. The molecule has 1 aliphatic carbocycles. The van der Waals surface area contributed by atoms with Gasteiger partial charge in [0.1, 0.15) is 0 Å². The van der Waals surface area contributed by atoms with E-state index in [1.807, 2.05) is 0 Å². The highest BCUT2D eigenvalue weighted by Crippen LogP contribution is 2.58. The van der Waals surface area contributed by atoms with Gasteiger partial charge in [0.15, 0.2) is 0 Å². The van der Waals surface area contributed by atoms with Crippen LogP contribution in [-0.4, -0.2) is 0 Å². The van der Waals surface area contributed by atoms with Crippen molar-refractivity contribution in [2.75, 3.05) is 9.80 Å². The molecular weight excluding hydrogens is 665 g/mol. The van der Waals surface area contributed by atoms with E-state index >= 15 is 0 Å². The molecule has 0 atom stereocenters. The summed E-state index contributed by atoms with van der Waals surface area (Å²) in [5.41, 5.74) is 16.4. The molecule has 266 valence electrons. The summed E-state index contributed by atoms with van der Waals surface area (Å²) < 4.78 is 0. The second-order valence-electron chi connectivity index (χ2n) is 14.3. The molecule has 2 nitrogen and oxygen atoms in total. The first-order valence-corrected chi connectivity index (χ1v) is 19.5. The van der Waals surface area contributed by atoms with Crippen LogP contribution in [0.25, 0.3) is 11.1 Å². The molecule has 8 aromatic carbocycles. The fraction of sp³-hybridized carbons (Fsp3) is 0.0943. The minimum Gasteiger partial charge on any atom is -0.310 e. The molecule has 0 spiro atoms. The van der Waals surface area contributed by atoms with Gasteiger partial charge in [0, 0.05) is 34.1 Å². The molecule has 0 saturated heterocycles. The number of para-hydroxylation sites is 2. The van der Waals surface area contributed by atoms with Gasteiger partial charge in [-0.05, 0) is 130 Å². The summed E-state index contributed by atoms with van der Waals surface area (Å²) in [5, 5.41) is 0. The van der Waals surface area contributed by atoms with E-state index < -0.39 is 5.41 Å². The van der Waals surface area contributed by atoms with Crippen molar-refractivity contribution in [1.29, 1.82) is 0 Å². The monoisotopic (exact) mass is 708 g/mol. The number of hydrogen-bond acceptors (Lipinski definition) is 2. The predicted octanol–water partition coefficient (Wildman–Crippen LogP) is 14.1. The Bertz CT molecular complexity index is 2340. The molecule has 9 rings (SSSR count). The fourth-order valence-corrected chi connectivity index (χ4v) is 8.55. The highest BCUT2D eigenvalue weighted by molar-refractivity contribution is 5.91.